The van der Waals surface area contributed by atoms with Gasteiger partial charge < -0.3 is 9.47 Å². The molecule has 1 aromatic rings. The van der Waals surface area contributed by atoms with Gasteiger partial charge in [-0.25, -0.2) is 4.57 Å². The zero-order valence-corrected chi connectivity index (χ0v) is 10.3. The molecule has 3 nitrogen and oxygen atoms in total. The van der Waals surface area contributed by atoms with Gasteiger partial charge in [-0.2, -0.15) is 0 Å². The predicted octanol–water partition coefficient (Wildman–Crippen LogP) is 2.15. The molecule has 90 valence electrons. The zero-order chi connectivity index (χ0) is 11.6. The lowest BCUT2D eigenvalue weighted by Gasteiger charge is -2.12. The second kappa shape index (κ2) is 8.25. The topological polar surface area (TPSA) is 22.3 Å². The first-order valence-corrected chi connectivity index (χ1v) is 5.86. The fourth-order valence-corrected chi connectivity index (χ4v) is 1.70. The van der Waals surface area contributed by atoms with Crippen LogP contribution in [-0.4, -0.2) is 20.5 Å². The quantitative estimate of drug-likeness (QED) is 0.383. The van der Waals surface area contributed by atoms with E-state index in [2.05, 4.69) is 29.1 Å². The maximum Gasteiger partial charge on any atom is 0.168 e. The molecule has 0 atom stereocenters. The number of rotatable bonds is 8. The molecule has 3 heteroatoms. The Morgan fingerprint density at radius 3 is 2.25 bits per heavy atom. The van der Waals surface area contributed by atoms with Crippen molar-refractivity contribution in [1.29, 1.82) is 0 Å². The molecule has 0 aliphatic rings. The van der Waals surface area contributed by atoms with Crippen LogP contribution in [0.5, 0.6) is 0 Å². The Bertz CT molecular complexity index is 260. The van der Waals surface area contributed by atoms with Gasteiger partial charge in [0.1, 0.15) is 6.54 Å². The van der Waals surface area contributed by atoms with E-state index in [4.69, 9.17) is 9.47 Å². The minimum Gasteiger partial charge on any atom is -0.356 e. The number of ether oxygens (including phenoxy) is 2. The summed E-state index contributed by atoms with van der Waals surface area (Å²) >= 11 is 0. The number of aryl methyl sites for hydroxylation is 1. The van der Waals surface area contributed by atoms with Gasteiger partial charge in [-0.05, 0) is 19.3 Å². The summed E-state index contributed by atoms with van der Waals surface area (Å²) in [5.74, 6) is 0. The molecule has 0 spiro atoms. The summed E-state index contributed by atoms with van der Waals surface area (Å²) in [5.41, 5.74) is 0. The van der Waals surface area contributed by atoms with E-state index >= 15 is 0 Å². The van der Waals surface area contributed by atoms with Crippen molar-refractivity contribution in [2.75, 3.05) is 14.2 Å². The average molecular weight is 224 g/mol. The van der Waals surface area contributed by atoms with Crippen LogP contribution < -0.4 is 4.57 Å². The van der Waals surface area contributed by atoms with Gasteiger partial charge in [0.25, 0.3) is 0 Å². The first kappa shape index (κ1) is 13.1. The summed E-state index contributed by atoms with van der Waals surface area (Å²) < 4.78 is 12.5. The number of pyridine rings is 1. The predicted molar refractivity (Wildman–Crippen MR) is 62.9 cm³/mol. The van der Waals surface area contributed by atoms with Crippen molar-refractivity contribution in [3.63, 3.8) is 0 Å². The number of unbranched alkanes of at least 4 members (excludes halogenated alkanes) is 2. The Kier molecular flexibility index (Phi) is 6.77. The number of aromatic nitrogens is 1. The fraction of sp³-hybridized carbons (Fsp3) is 0.615. The van der Waals surface area contributed by atoms with E-state index in [1.54, 1.807) is 14.2 Å². The molecule has 0 saturated carbocycles. The first-order chi connectivity index (χ1) is 7.86. The maximum absolute atomic E-state index is 5.14. The summed E-state index contributed by atoms with van der Waals surface area (Å²) in [6.07, 6.45) is 8.72. The fourth-order valence-electron chi connectivity index (χ4n) is 1.70. The maximum atomic E-state index is 5.14. The van der Waals surface area contributed by atoms with E-state index in [0.717, 1.165) is 19.4 Å². The SMILES string of the molecule is COC(CCCCC[n+]1ccccc1)OC. The Labute approximate surface area is 98.0 Å². The highest BCUT2D eigenvalue weighted by Crippen LogP contribution is 2.06. The van der Waals surface area contributed by atoms with Crippen molar-refractivity contribution < 1.29 is 14.0 Å². The van der Waals surface area contributed by atoms with E-state index < -0.39 is 0 Å². The van der Waals surface area contributed by atoms with E-state index in [1.165, 1.54) is 12.8 Å². The molecule has 1 heterocycles. The molecule has 0 unspecified atom stereocenters. The highest BCUT2D eigenvalue weighted by atomic mass is 16.7. The smallest absolute Gasteiger partial charge is 0.168 e. The van der Waals surface area contributed by atoms with E-state index in [-0.39, 0.29) is 6.29 Å². The van der Waals surface area contributed by atoms with Gasteiger partial charge in [-0.1, -0.05) is 6.07 Å². The minimum absolute atomic E-state index is 0.0376. The van der Waals surface area contributed by atoms with Crippen LogP contribution in [0.4, 0.5) is 0 Å². The third-order valence-electron chi connectivity index (χ3n) is 2.66. The molecule has 0 saturated heterocycles. The molecule has 0 aromatic carbocycles. The van der Waals surface area contributed by atoms with Crippen molar-refractivity contribution in [2.24, 2.45) is 0 Å². The summed E-state index contributed by atoms with van der Waals surface area (Å²) in [4.78, 5) is 0. The Morgan fingerprint density at radius 1 is 0.938 bits per heavy atom. The molecule has 1 rings (SSSR count). The van der Waals surface area contributed by atoms with Gasteiger partial charge in [-0.3, -0.25) is 0 Å². The van der Waals surface area contributed by atoms with E-state index in [1.807, 2.05) is 6.07 Å². The highest BCUT2D eigenvalue weighted by Gasteiger charge is 2.04. The summed E-state index contributed by atoms with van der Waals surface area (Å²) in [6, 6.07) is 6.16. The van der Waals surface area contributed by atoms with Crippen molar-refractivity contribution in [3.8, 4) is 0 Å². The molecule has 0 radical (unpaired) electrons. The molecule has 0 aliphatic carbocycles. The van der Waals surface area contributed by atoms with Crippen LogP contribution in [0.2, 0.25) is 0 Å². The van der Waals surface area contributed by atoms with Gasteiger partial charge in [-0.15, -0.1) is 0 Å². The lowest BCUT2D eigenvalue weighted by molar-refractivity contribution is -0.697. The second-order valence-electron chi connectivity index (χ2n) is 3.86. The van der Waals surface area contributed by atoms with Crippen molar-refractivity contribution in [3.05, 3.63) is 30.6 Å². The molecule has 0 amide bonds. The molecule has 16 heavy (non-hydrogen) atoms. The minimum atomic E-state index is -0.0376. The van der Waals surface area contributed by atoms with Gasteiger partial charge in [0.2, 0.25) is 0 Å². The monoisotopic (exact) mass is 224 g/mol. The molecular weight excluding hydrogens is 202 g/mol. The van der Waals surface area contributed by atoms with Crippen LogP contribution in [0.15, 0.2) is 30.6 Å². The molecule has 0 bridgehead atoms. The highest BCUT2D eigenvalue weighted by molar-refractivity contribution is 4.83. The molecule has 0 fully saturated rings. The number of hydrogen-bond donors (Lipinski definition) is 0. The van der Waals surface area contributed by atoms with Crippen LogP contribution in [0, 0.1) is 0 Å². The third-order valence-corrected chi connectivity index (χ3v) is 2.66. The van der Waals surface area contributed by atoms with Crippen molar-refractivity contribution in [1.82, 2.24) is 0 Å². The molecule has 0 N–H and O–H groups in total. The van der Waals surface area contributed by atoms with E-state index in [9.17, 15) is 0 Å². The largest absolute Gasteiger partial charge is 0.356 e. The zero-order valence-electron chi connectivity index (χ0n) is 10.3. The Balaban J connectivity index is 2.04. The summed E-state index contributed by atoms with van der Waals surface area (Å²) in [5, 5.41) is 0. The first-order valence-electron chi connectivity index (χ1n) is 5.86. The lowest BCUT2D eigenvalue weighted by atomic mass is 10.2. The molecule has 1 aromatic heterocycles. The lowest BCUT2D eigenvalue weighted by Crippen LogP contribution is -2.32. The van der Waals surface area contributed by atoms with Crippen LogP contribution in [-0.2, 0) is 16.0 Å². The summed E-state index contributed by atoms with van der Waals surface area (Å²) in [6.45, 7) is 1.09. The standard InChI is InChI=1S/C13H22NO2/c1-15-13(16-2)9-5-3-6-10-14-11-7-4-8-12-14/h4,7-8,11-13H,3,5-6,9-10H2,1-2H3/q+1. The van der Waals surface area contributed by atoms with Crippen LogP contribution in [0.25, 0.3) is 0 Å². The molecular formula is C13H22NO2+. The number of nitrogens with zero attached hydrogens (tertiary/aromatic N) is 1. The summed E-state index contributed by atoms with van der Waals surface area (Å²) in [7, 11) is 3.38. The van der Waals surface area contributed by atoms with Crippen molar-refractivity contribution >= 4 is 0 Å². The van der Waals surface area contributed by atoms with E-state index in [0.29, 0.717) is 0 Å². The molecule has 0 aliphatic heterocycles. The Morgan fingerprint density at radius 2 is 1.62 bits per heavy atom. The van der Waals surface area contributed by atoms with Crippen LogP contribution in [0.1, 0.15) is 25.7 Å². The van der Waals surface area contributed by atoms with Crippen LogP contribution >= 0.6 is 0 Å². The number of methoxy groups -OCH3 is 2. The third kappa shape index (κ3) is 5.24. The Hall–Kier alpha value is -0.930. The van der Waals surface area contributed by atoms with Crippen molar-refractivity contribution in [2.45, 2.75) is 38.5 Å². The average Bonchev–Trinajstić information content (AvgIpc) is 2.35. The number of hydrogen-bond acceptors (Lipinski definition) is 2. The normalized spacial score (nSPS) is 10.9. The van der Waals surface area contributed by atoms with Gasteiger partial charge in [0, 0.05) is 32.8 Å². The van der Waals surface area contributed by atoms with Gasteiger partial charge >= 0.3 is 0 Å². The second-order valence-corrected chi connectivity index (χ2v) is 3.86. The van der Waals surface area contributed by atoms with Gasteiger partial charge in [0.15, 0.2) is 18.7 Å². The van der Waals surface area contributed by atoms with Crippen LogP contribution in [0.3, 0.4) is 0 Å². The van der Waals surface area contributed by atoms with Gasteiger partial charge in [0.05, 0.1) is 0 Å².